The van der Waals surface area contributed by atoms with Gasteiger partial charge in [-0.25, -0.2) is 4.39 Å². The molecule has 0 saturated carbocycles. The number of nitrogens with one attached hydrogen (secondary N) is 1. The smallest absolute Gasteiger partial charge is 0.142 e. The third kappa shape index (κ3) is 4.95. The van der Waals surface area contributed by atoms with E-state index in [1.807, 2.05) is 6.07 Å². The molecule has 18 heavy (non-hydrogen) atoms. The Morgan fingerprint density at radius 1 is 1.33 bits per heavy atom. The quantitative estimate of drug-likeness (QED) is 0.773. The molecule has 0 spiro atoms. The Hall–Kier alpha value is -0.600. The second-order valence-electron chi connectivity index (χ2n) is 5.11. The lowest BCUT2D eigenvalue weighted by Gasteiger charge is -2.19. The fourth-order valence-electron chi connectivity index (χ4n) is 2.24. The fraction of sp³-hybridized carbons (Fsp3) is 0.600. The van der Waals surface area contributed by atoms with Crippen LogP contribution in [0.4, 0.5) is 4.39 Å². The van der Waals surface area contributed by atoms with Gasteiger partial charge in [0.05, 0.1) is 5.02 Å². The van der Waals surface area contributed by atoms with Crippen molar-refractivity contribution < 1.29 is 4.39 Å². The van der Waals surface area contributed by atoms with E-state index in [1.165, 1.54) is 6.07 Å². The Kier molecular flexibility index (Phi) is 6.66. The molecule has 3 heteroatoms. The highest BCUT2D eigenvalue weighted by Crippen LogP contribution is 2.23. The van der Waals surface area contributed by atoms with Crippen LogP contribution in [-0.4, -0.2) is 12.6 Å². The minimum Gasteiger partial charge on any atom is -0.314 e. The monoisotopic (exact) mass is 271 g/mol. The second kappa shape index (κ2) is 7.75. The first-order valence-corrected chi connectivity index (χ1v) is 7.08. The van der Waals surface area contributed by atoms with Crippen molar-refractivity contribution in [1.82, 2.24) is 5.32 Å². The summed E-state index contributed by atoms with van der Waals surface area (Å²) in [6.45, 7) is 7.59. The van der Waals surface area contributed by atoms with Crippen LogP contribution < -0.4 is 5.32 Å². The zero-order valence-corrected chi connectivity index (χ0v) is 12.2. The topological polar surface area (TPSA) is 12.0 Å². The molecule has 0 amide bonds. The standard InChI is InChI=1S/C15H23ClFN/c1-4-8-18-12(3)9-11(2)10-13-6-5-7-14(17)15(13)16/h5-7,11-12,18H,4,8-10H2,1-3H3. The van der Waals surface area contributed by atoms with Crippen molar-refractivity contribution in [2.75, 3.05) is 6.54 Å². The maximum Gasteiger partial charge on any atom is 0.142 e. The predicted molar refractivity (Wildman–Crippen MR) is 76.7 cm³/mol. The minimum absolute atomic E-state index is 0.276. The molecule has 1 N–H and O–H groups in total. The molecule has 0 fully saturated rings. The van der Waals surface area contributed by atoms with Gasteiger partial charge in [0.2, 0.25) is 0 Å². The van der Waals surface area contributed by atoms with E-state index in [2.05, 4.69) is 26.1 Å². The van der Waals surface area contributed by atoms with Crippen LogP contribution in [0.15, 0.2) is 18.2 Å². The Balaban J connectivity index is 2.49. The van der Waals surface area contributed by atoms with Crippen molar-refractivity contribution in [1.29, 1.82) is 0 Å². The first-order chi connectivity index (χ1) is 8.54. The molecule has 0 aliphatic carbocycles. The van der Waals surface area contributed by atoms with Gasteiger partial charge in [-0.2, -0.15) is 0 Å². The third-order valence-electron chi connectivity index (χ3n) is 3.10. The van der Waals surface area contributed by atoms with E-state index in [0.29, 0.717) is 12.0 Å². The van der Waals surface area contributed by atoms with Gasteiger partial charge >= 0.3 is 0 Å². The van der Waals surface area contributed by atoms with Gasteiger partial charge < -0.3 is 5.32 Å². The highest BCUT2D eigenvalue weighted by Gasteiger charge is 2.12. The molecule has 0 bridgehead atoms. The van der Waals surface area contributed by atoms with Gasteiger partial charge in [-0.15, -0.1) is 0 Å². The number of hydrogen-bond acceptors (Lipinski definition) is 1. The third-order valence-corrected chi connectivity index (χ3v) is 3.52. The van der Waals surface area contributed by atoms with E-state index in [-0.39, 0.29) is 10.8 Å². The largest absolute Gasteiger partial charge is 0.314 e. The summed E-state index contributed by atoms with van der Waals surface area (Å²) in [5.74, 6) is 0.169. The molecule has 0 aromatic heterocycles. The van der Waals surface area contributed by atoms with Crippen molar-refractivity contribution in [2.45, 2.75) is 46.1 Å². The molecule has 2 atom stereocenters. The lowest BCUT2D eigenvalue weighted by molar-refractivity contribution is 0.419. The van der Waals surface area contributed by atoms with Gasteiger partial charge in [-0.05, 0) is 50.3 Å². The van der Waals surface area contributed by atoms with Crippen LogP contribution in [0.2, 0.25) is 5.02 Å². The Bertz CT molecular complexity index is 368. The van der Waals surface area contributed by atoms with Gasteiger partial charge in [0.15, 0.2) is 0 Å². The number of hydrogen-bond donors (Lipinski definition) is 1. The summed E-state index contributed by atoms with van der Waals surface area (Å²) >= 11 is 5.97. The fourth-order valence-corrected chi connectivity index (χ4v) is 2.45. The average molecular weight is 272 g/mol. The van der Waals surface area contributed by atoms with Gasteiger partial charge in [0.25, 0.3) is 0 Å². The summed E-state index contributed by atoms with van der Waals surface area (Å²) in [6.07, 6.45) is 3.05. The van der Waals surface area contributed by atoms with E-state index in [0.717, 1.165) is 31.4 Å². The summed E-state index contributed by atoms with van der Waals surface area (Å²) in [6, 6.07) is 5.53. The summed E-state index contributed by atoms with van der Waals surface area (Å²) in [7, 11) is 0. The summed E-state index contributed by atoms with van der Waals surface area (Å²) in [5.41, 5.74) is 0.909. The molecule has 2 unspecified atom stereocenters. The molecule has 102 valence electrons. The molecule has 0 aliphatic heterocycles. The lowest BCUT2D eigenvalue weighted by atomic mass is 9.95. The first kappa shape index (κ1) is 15.5. The molecule has 0 heterocycles. The first-order valence-electron chi connectivity index (χ1n) is 6.70. The zero-order chi connectivity index (χ0) is 13.5. The Morgan fingerprint density at radius 3 is 2.72 bits per heavy atom. The molecule has 1 nitrogen and oxygen atoms in total. The van der Waals surface area contributed by atoms with E-state index in [4.69, 9.17) is 11.6 Å². The van der Waals surface area contributed by atoms with Gasteiger partial charge in [0, 0.05) is 6.04 Å². The molecule has 0 saturated heterocycles. The number of halogens is 2. The molecule has 0 aliphatic rings. The highest BCUT2D eigenvalue weighted by atomic mass is 35.5. The van der Waals surface area contributed by atoms with E-state index >= 15 is 0 Å². The molecule has 0 radical (unpaired) electrons. The van der Waals surface area contributed by atoms with Crippen molar-refractivity contribution >= 4 is 11.6 Å². The zero-order valence-electron chi connectivity index (χ0n) is 11.5. The SMILES string of the molecule is CCCNC(C)CC(C)Cc1cccc(F)c1Cl. The van der Waals surface area contributed by atoms with Gasteiger partial charge in [0.1, 0.15) is 5.82 Å². The lowest BCUT2D eigenvalue weighted by Crippen LogP contribution is -2.28. The maximum atomic E-state index is 13.3. The molecule has 1 rings (SSSR count). The van der Waals surface area contributed by atoms with E-state index < -0.39 is 0 Å². The second-order valence-corrected chi connectivity index (χ2v) is 5.49. The molecule has 1 aromatic carbocycles. The number of benzene rings is 1. The minimum atomic E-state index is -0.321. The molecule has 1 aromatic rings. The van der Waals surface area contributed by atoms with Crippen molar-refractivity contribution in [3.8, 4) is 0 Å². The van der Waals surface area contributed by atoms with Crippen LogP contribution in [-0.2, 0) is 6.42 Å². The van der Waals surface area contributed by atoms with Crippen LogP contribution in [0, 0.1) is 11.7 Å². The average Bonchev–Trinajstić information content (AvgIpc) is 2.32. The van der Waals surface area contributed by atoms with Gasteiger partial charge in [-0.1, -0.05) is 37.6 Å². The highest BCUT2D eigenvalue weighted by molar-refractivity contribution is 6.31. The van der Waals surface area contributed by atoms with Crippen molar-refractivity contribution in [3.05, 3.63) is 34.6 Å². The van der Waals surface area contributed by atoms with Crippen LogP contribution >= 0.6 is 11.6 Å². The molecular weight excluding hydrogens is 249 g/mol. The predicted octanol–water partition coefficient (Wildman–Crippen LogP) is 4.44. The summed E-state index contributed by atoms with van der Waals surface area (Å²) in [4.78, 5) is 0. The van der Waals surface area contributed by atoms with Gasteiger partial charge in [-0.3, -0.25) is 0 Å². The maximum absolute atomic E-state index is 13.3. The Morgan fingerprint density at radius 2 is 2.06 bits per heavy atom. The van der Waals surface area contributed by atoms with Crippen LogP contribution in [0.3, 0.4) is 0 Å². The van der Waals surface area contributed by atoms with Crippen LogP contribution in [0.1, 0.15) is 39.2 Å². The normalized spacial score (nSPS) is 14.5. The van der Waals surface area contributed by atoms with Crippen molar-refractivity contribution in [2.24, 2.45) is 5.92 Å². The van der Waals surface area contributed by atoms with Crippen LogP contribution in [0.25, 0.3) is 0 Å². The summed E-state index contributed by atoms with van der Waals surface area (Å²) < 4.78 is 13.3. The number of rotatable bonds is 7. The van der Waals surface area contributed by atoms with E-state index in [9.17, 15) is 4.39 Å². The van der Waals surface area contributed by atoms with Crippen molar-refractivity contribution in [3.63, 3.8) is 0 Å². The molecular formula is C15H23ClFN. The van der Waals surface area contributed by atoms with E-state index in [1.54, 1.807) is 6.07 Å². The Labute approximate surface area is 115 Å². The van der Waals surface area contributed by atoms with Crippen LogP contribution in [0.5, 0.6) is 0 Å². The summed E-state index contributed by atoms with van der Waals surface area (Å²) in [5, 5.41) is 3.74.